The topological polar surface area (TPSA) is 132 Å². The van der Waals surface area contributed by atoms with Crippen molar-refractivity contribution in [2.75, 3.05) is 19.0 Å². The molecule has 10 nitrogen and oxygen atoms in total. The summed E-state index contributed by atoms with van der Waals surface area (Å²) in [6.07, 6.45) is 3.48. The number of esters is 2. The number of anilines is 1. The minimum absolute atomic E-state index is 0.201. The van der Waals surface area contributed by atoms with Gasteiger partial charge >= 0.3 is 23.8 Å². The van der Waals surface area contributed by atoms with E-state index < -0.39 is 23.8 Å². The maximum absolute atomic E-state index is 12.7. The second kappa shape index (κ2) is 13.0. The van der Waals surface area contributed by atoms with E-state index in [4.69, 9.17) is 14.2 Å². The highest BCUT2D eigenvalue weighted by Crippen LogP contribution is 2.38. The number of hydrogen-bond acceptors (Lipinski definition) is 9. The van der Waals surface area contributed by atoms with E-state index in [1.807, 2.05) is 0 Å². The van der Waals surface area contributed by atoms with Crippen LogP contribution in [-0.2, 0) is 27.2 Å². The van der Waals surface area contributed by atoms with Gasteiger partial charge in [-0.25, -0.2) is 15.0 Å². The summed E-state index contributed by atoms with van der Waals surface area (Å²) in [5, 5.41) is 6.89. The van der Waals surface area contributed by atoms with Crippen molar-refractivity contribution >= 4 is 45.8 Å². The highest BCUT2D eigenvalue weighted by molar-refractivity contribution is 7.17. The van der Waals surface area contributed by atoms with Gasteiger partial charge in [0.05, 0.1) is 30.6 Å². The Morgan fingerprint density at radius 1 is 0.925 bits per heavy atom. The molecule has 0 aliphatic heterocycles. The lowest BCUT2D eigenvalue weighted by Crippen LogP contribution is -2.33. The van der Waals surface area contributed by atoms with Crippen molar-refractivity contribution < 1.29 is 33.4 Å². The maximum Gasteiger partial charge on any atom is 0.343 e. The molecule has 1 aromatic heterocycles. The summed E-state index contributed by atoms with van der Waals surface area (Å²) in [5.41, 5.74) is 4.77. The molecule has 0 saturated heterocycles. The number of carbonyl (C=O) groups is 4. The first kappa shape index (κ1) is 28.5. The van der Waals surface area contributed by atoms with E-state index in [0.29, 0.717) is 27.4 Å². The van der Waals surface area contributed by atoms with Crippen LogP contribution in [0.3, 0.4) is 0 Å². The largest absolute Gasteiger partial charge is 0.493 e. The zero-order valence-corrected chi connectivity index (χ0v) is 23.2. The van der Waals surface area contributed by atoms with Gasteiger partial charge in [0, 0.05) is 10.4 Å². The fraction of sp³-hybridized carbons (Fsp3) is 0.276. The van der Waals surface area contributed by atoms with Gasteiger partial charge in [-0.1, -0.05) is 18.2 Å². The van der Waals surface area contributed by atoms with Gasteiger partial charge in [0.15, 0.2) is 11.5 Å². The number of rotatable bonds is 8. The summed E-state index contributed by atoms with van der Waals surface area (Å²) < 4.78 is 16.0. The van der Waals surface area contributed by atoms with Gasteiger partial charge < -0.3 is 19.5 Å². The van der Waals surface area contributed by atoms with E-state index >= 15 is 0 Å². The summed E-state index contributed by atoms with van der Waals surface area (Å²) in [6.45, 7) is 3.55. The van der Waals surface area contributed by atoms with Crippen molar-refractivity contribution in [3.8, 4) is 11.5 Å². The number of fused-ring (bicyclic) bond motifs is 1. The molecular weight excluding hydrogens is 534 g/mol. The van der Waals surface area contributed by atoms with Crippen LogP contribution in [0.25, 0.3) is 0 Å². The minimum Gasteiger partial charge on any atom is -0.493 e. The molecule has 2 aromatic carbocycles. The van der Waals surface area contributed by atoms with Crippen LogP contribution in [0.15, 0.2) is 53.6 Å². The molecule has 2 N–H and O–H groups in total. The van der Waals surface area contributed by atoms with E-state index in [-0.39, 0.29) is 18.1 Å². The second-order valence-corrected chi connectivity index (χ2v) is 9.95. The van der Waals surface area contributed by atoms with Crippen LogP contribution in [0.5, 0.6) is 11.5 Å². The van der Waals surface area contributed by atoms with Gasteiger partial charge in [-0.3, -0.25) is 9.59 Å². The number of carbonyl (C=O) groups excluding carboxylic acids is 4. The molecule has 11 heteroatoms. The van der Waals surface area contributed by atoms with Crippen LogP contribution >= 0.6 is 11.3 Å². The van der Waals surface area contributed by atoms with E-state index in [1.54, 1.807) is 62.4 Å². The number of hydrazone groups is 1. The van der Waals surface area contributed by atoms with Crippen LogP contribution in [0, 0.1) is 0 Å². The summed E-state index contributed by atoms with van der Waals surface area (Å²) >= 11 is 1.29. The Hall–Kier alpha value is -4.51. The van der Waals surface area contributed by atoms with Crippen molar-refractivity contribution in [1.29, 1.82) is 0 Å². The zero-order valence-electron chi connectivity index (χ0n) is 22.4. The van der Waals surface area contributed by atoms with Gasteiger partial charge in [0.2, 0.25) is 0 Å². The van der Waals surface area contributed by atoms with Gasteiger partial charge in [-0.2, -0.15) is 5.10 Å². The molecule has 0 atom stereocenters. The third-order valence-corrected chi connectivity index (χ3v) is 7.41. The van der Waals surface area contributed by atoms with E-state index in [0.717, 1.165) is 36.1 Å². The van der Waals surface area contributed by atoms with Gasteiger partial charge in [-0.15, -0.1) is 11.3 Å². The Bertz CT molecular complexity index is 1460. The van der Waals surface area contributed by atoms with Gasteiger partial charge in [0.1, 0.15) is 5.00 Å². The van der Waals surface area contributed by atoms with Crippen molar-refractivity contribution in [1.82, 2.24) is 5.43 Å². The minimum atomic E-state index is -0.999. The van der Waals surface area contributed by atoms with Crippen molar-refractivity contribution in [2.24, 2.45) is 5.10 Å². The van der Waals surface area contributed by atoms with E-state index in [1.165, 1.54) is 18.4 Å². The normalized spacial score (nSPS) is 12.6. The average Bonchev–Trinajstić information content (AvgIpc) is 3.34. The molecule has 40 heavy (non-hydrogen) atoms. The first-order valence-electron chi connectivity index (χ1n) is 12.7. The molecular formula is C29H29N3O7S. The Kier molecular flexibility index (Phi) is 9.28. The number of ether oxygens (including phenoxy) is 3. The Morgan fingerprint density at radius 2 is 1.68 bits per heavy atom. The molecule has 0 spiro atoms. The van der Waals surface area contributed by atoms with E-state index in [9.17, 15) is 19.2 Å². The Morgan fingerprint density at radius 3 is 2.40 bits per heavy atom. The Balaban J connectivity index is 1.43. The van der Waals surface area contributed by atoms with Crippen LogP contribution < -0.4 is 20.2 Å². The lowest BCUT2D eigenvalue weighted by Gasteiger charge is -2.12. The highest BCUT2D eigenvalue weighted by Gasteiger charge is 2.28. The fourth-order valence-corrected chi connectivity index (χ4v) is 5.47. The quantitative estimate of drug-likeness (QED) is 0.135. The van der Waals surface area contributed by atoms with Gasteiger partial charge in [-0.05, 0) is 75.4 Å². The third-order valence-electron chi connectivity index (χ3n) is 6.20. The van der Waals surface area contributed by atoms with Crippen molar-refractivity contribution in [3.63, 3.8) is 0 Å². The predicted molar refractivity (Wildman–Crippen MR) is 150 cm³/mol. The Labute approximate surface area is 235 Å². The van der Waals surface area contributed by atoms with Crippen LogP contribution in [-0.4, -0.2) is 43.2 Å². The molecule has 0 bridgehead atoms. The molecule has 3 aromatic rings. The third kappa shape index (κ3) is 6.55. The average molecular weight is 564 g/mol. The molecule has 1 heterocycles. The number of thiophene rings is 1. The summed E-state index contributed by atoms with van der Waals surface area (Å²) in [7, 11) is 1.44. The molecule has 0 unspecified atom stereocenters. The summed E-state index contributed by atoms with van der Waals surface area (Å²) in [4.78, 5) is 51.2. The number of benzene rings is 2. The molecule has 0 saturated carbocycles. The molecule has 0 radical (unpaired) electrons. The van der Waals surface area contributed by atoms with E-state index in [2.05, 4.69) is 15.8 Å². The lowest BCUT2D eigenvalue weighted by molar-refractivity contribution is -0.136. The molecule has 4 rings (SSSR count). The molecule has 2 amide bonds. The molecule has 1 aliphatic carbocycles. The summed E-state index contributed by atoms with van der Waals surface area (Å²) in [6, 6.07) is 13.3. The first-order valence-corrected chi connectivity index (χ1v) is 13.6. The number of nitrogens with zero attached hydrogens (tertiary/aromatic N) is 1. The number of hydrogen-bond donors (Lipinski definition) is 2. The lowest BCUT2D eigenvalue weighted by atomic mass is 9.95. The SMILES string of the molecule is CCOC(=O)c1c(NC(=O)C(=O)N/N=C(\C)c2ccc(OC(=O)c3ccccc3)c(OC)c2)sc2c1CCCC2. The molecule has 208 valence electrons. The summed E-state index contributed by atoms with van der Waals surface area (Å²) in [5.74, 6) is -2.50. The van der Waals surface area contributed by atoms with Crippen LogP contribution in [0.4, 0.5) is 5.00 Å². The molecule has 1 aliphatic rings. The maximum atomic E-state index is 12.7. The second-order valence-electron chi connectivity index (χ2n) is 8.85. The molecule has 0 fully saturated rings. The van der Waals surface area contributed by atoms with Crippen LogP contribution in [0.2, 0.25) is 0 Å². The number of amides is 2. The predicted octanol–water partition coefficient (Wildman–Crippen LogP) is 4.51. The zero-order chi connectivity index (χ0) is 28.6. The highest BCUT2D eigenvalue weighted by atomic mass is 32.1. The number of methoxy groups -OCH3 is 1. The van der Waals surface area contributed by atoms with Crippen molar-refractivity contribution in [2.45, 2.75) is 39.5 Å². The number of nitrogens with one attached hydrogen (secondary N) is 2. The first-order chi connectivity index (χ1) is 19.3. The number of aryl methyl sites for hydroxylation is 1. The fourth-order valence-electron chi connectivity index (χ4n) is 4.19. The monoisotopic (exact) mass is 563 g/mol. The van der Waals surface area contributed by atoms with Gasteiger partial charge in [0.25, 0.3) is 0 Å². The standard InChI is InChI=1S/C29H29N3O7S/c1-4-38-29(36)24-20-12-8-9-13-23(20)40-27(24)30-25(33)26(34)32-31-17(2)19-14-15-21(22(16-19)37-3)39-28(35)18-10-6-5-7-11-18/h5-7,10-11,14-16H,4,8-9,12-13H2,1-3H3,(H,30,33)(H,32,34)/b31-17+. The van der Waals surface area contributed by atoms with Crippen molar-refractivity contribution in [3.05, 3.63) is 75.7 Å². The van der Waals surface area contributed by atoms with Crippen LogP contribution in [0.1, 0.15) is 63.4 Å². The smallest absolute Gasteiger partial charge is 0.343 e.